The molecule has 0 fully saturated rings. The van der Waals surface area contributed by atoms with Crippen LogP contribution in [0.5, 0.6) is 23.0 Å². The van der Waals surface area contributed by atoms with Gasteiger partial charge in [0.25, 0.3) is 5.91 Å². The Morgan fingerprint density at radius 2 is 1.78 bits per heavy atom. The molecule has 1 atom stereocenters. The Balaban J connectivity index is 1.43. The second-order valence-corrected chi connectivity index (χ2v) is 11.6. The molecule has 0 aromatic heterocycles. The van der Waals surface area contributed by atoms with Gasteiger partial charge in [0.2, 0.25) is 0 Å². The Kier molecular flexibility index (Phi) is 13.5. The number of ether oxygens (including phenoxy) is 5. The highest BCUT2D eigenvalue weighted by Gasteiger charge is 2.32. The predicted octanol–water partition coefficient (Wildman–Crippen LogP) is 6.43. The van der Waals surface area contributed by atoms with Crippen LogP contribution in [0.4, 0.5) is 4.79 Å². The van der Waals surface area contributed by atoms with Gasteiger partial charge in [-0.2, -0.15) is 5.10 Å². The van der Waals surface area contributed by atoms with Crippen molar-refractivity contribution >= 4 is 47.3 Å². The number of allylic oxidation sites excluding steroid dienone is 2. The molecule has 1 aliphatic heterocycles. The number of hydrogen-bond donors (Lipinski definition) is 3. The molecule has 0 spiro atoms. The number of amides is 3. The minimum atomic E-state index is -0.790. The maximum absolute atomic E-state index is 12.7. The van der Waals surface area contributed by atoms with Gasteiger partial charge >= 0.3 is 12.0 Å². The van der Waals surface area contributed by atoms with Crippen molar-refractivity contribution in [2.75, 3.05) is 26.9 Å². The van der Waals surface area contributed by atoms with E-state index in [1.165, 1.54) is 13.3 Å². The van der Waals surface area contributed by atoms with Gasteiger partial charge < -0.3 is 34.3 Å². The van der Waals surface area contributed by atoms with Crippen LogP contribution in [0.15, 0.2) is 77.6 Å². The maximum atomic E-state index is 12.7. The molecule has 0 saturated heterocycles. The van der Waals surface area contributed by atoms with Crippen molar-refractivity contribution in [2.24, 2.45) is 5.10 Å². The molecule has 4 rings (SSSR count). The van der Waals surface area contributed by atoms with Crippen molar-refractivity contribution in [3.05, 3.63) is 105 Å². The summed E-state index contributed by atoms with van der Waals surface area (Å²) in [6.07, 6.45) is 3.72. The van der Waals surface area contributed by atoms with E-state index >= 15 is 0 Å². The fourth-order valence-corrected chi connectivity index (χ4v) is 5.36. The number of carbonyl (C=O) groups excluding carboxylic acids is 3. The second kappa shape index (κ2) is 18.0. The van der Waals surface area contributed by atoms with E-state index in [0.717, 1.165) is 11.1 Å². The van der Waals surface area contributed by atoms with Crippen LogP contribution in [0, 0.1) is 0 Å². The van der Waals surface area contributed by atoms with Gasteiger partial charge in [-0.3, -0.25) is 4.79 Å². The van der Waals surface area contributed by atoms with Crippen LogP contribution in [-0.4, -0.2) is 51.1 Å². The lowest BCUT2D eigenvalue weighted by Crippen LogP contribution is -2.45. The topological polar surface area (TPSA) is 146 Å². The zero-order chi connectivity index (χ0) is 36.2. The van der Waals surface area contributed by atoms with Crippen molar-refractivity contribution < 1.29 is 38.1 Å². The van der Waals surface area contributed by atoms with E-state index in [0.29, 0.717) is 51.4 Å². The summed E-state index contributed by atoms with van der Waals surface area (Å²) in [6, 6.07) is 12.5. The number of benzene rings is 3. The van der Waals surface area contributed by atoms with Crippen LogP contribution in [0.25, 0.3) is 0 Å². The van der Waals surface area contributed by atoms with E-state index in [-0.39, 0.29) is 36.9 Å². The predicted molar refractivity (Wildman–Crippen MR) is 190 cm³/mol. The molecule has 1 aliphatic rings. The second-order valence-electron chi connectivity index (χ2n) is 10.8. The number of hydrazone groups is 1. The molecule has 1 heterocycles. The number of carbonyl (C=O) groups is 3. The van der Waals surface area contributed by atoms with Gasteiger partial charge in [-0.25, -0.2) is 15.0 Å². The lowest BCUT2D eigenvalue weighted by Gasteiger charge is -2.28. The summed E-state index contributed by atoms with van der Waals surface area (Å²) in [4.78, 5) is 37.5. The first-order valence-corrected chi connectivity index (χ1v) is 16.4. The molecule has 0 unspecified atom stereocenters. The number of hydrogen-bond acceptors (Lipinski definition) is 9. The summed E-state index contributed by atoms with van der Waals surface area (Å²) in [5.74, 6) is 0.516. The van der Waals surface area contributed by atoms with Gasteiger partial charge in [0.1, 0.15) is 6.61 Å². The number of nitrogens with one attached hydrogen (secondary N) is 3. The van der Waals surface area contributed by atoms with Gasteiger partial charge in [-0.15, -0.1) is 6.58 Å². The molecular weight excluding hydrogens is 687 g/mol. The van der Waals surface area contributed by atoms with Crippen molar-refractivity contribution in [1.29, 1.82) is 0 Å². The summed E-state index contributed by atoms with van der Waals surface area (Å²) >= 11 is 12.2. The minimum Gasteiger partial charge on any atom is -0.493 e. The summed E-state index contributed by atoms with van der Waals surface area (Å²) in [5.41, 5.74) is 5.94. The van der Waals surface area contributed by atoms with E-state index in [4.69, 9.17) is 46.9 Å². The molecule has 3 N–H and O–H groups in total. The smallest absolute Gasteiger partial charge is 0.338 e. The number of methoxy groups -OCH3 is 1. The van der Waals surface area contributed by atoms with E-state index < -0.39 is 23.9 Å². The molecule has 3 aromatic carbocycles. The highest BCUT2D eigenvalue weighted by Crippen LogP contribution is 2.36. The van der Waals surface area contributed by atoms with Gasteiger partial charge in [-0.1, -0.05) is 41.4 Å². The van der Waals surface area contributed by atoms with Gasteiger partial charge in [-0.05, 0) is 80.3 Å². The summed E-state index contributed by atoms with van der Waals surface area (Å²) in [6.45, 7) is 9.46. The molecular formula is C36H38Cl2N4O8. The van der Waals surface area contributed by atoms with Gasteiger partial charge in [0.15, 0.2) is 29.6 Å². The third-order valence-electron chi connectivity index (χ3n) is 7.23. The van der Waals surface area contributed by atoms with E-state index in [9.17, 15) is 14.4 Å². The zero-order valence-electron chi connectivity index (χ0n) is 28.1. The molecule has 264 valence electrons. The third-order valence-corrected chi connectivity index (χ3v) is 7.97. The quantitative estimate of drug-likeness (QED) is 0.0664. The Morgan fingerprint density at radius 1 is 0.980 bits per heavy atom. The first-order chi connectivity index (χ1) is 24.1. The van der Waals surface area contributed by atoms with Crippen LogP contribution in [0.2, 0.25) is 10.0 Å². The van der Waals surface area contributed by atoms with Crippen molar-refractivity contribution in [3.63, 3.8) is 0 Å². The molecule has 12 nitrogen and oxygen atoms in total. The fraction of sp³-hybridized carbons (Fsp3) is 0.278. The van der Waals surface area contributed by atoms with E-state index in [1.807, 2.05) is 19.1 Å². The monoisotopic (exact) mass is 724 g/mol. The normalized spacial score (nSPS) is 14.0. The number of nitrogens with zero attached hydrogens (tertiary/aromatic N) is 1. The molecule has 3 aromatic rings. The van der Waals surface area contributed by atoms with Crippen LogP contribution in [0.1, 0.15) is 49.1 Å². The Labute approximate surface area is 300 Å². The molecule has 0 bridgehead atoms. The molecule has 14 heteroatoms. The number of esters is 1. The Morgan fingerprint density at radius 3 is 2.48 bits per heavy atom. The van der Waals surface area contributed by atoms with Crippen LogP contribution in [0.3, 0.4) is 0 Å². The largest absolute Gasteiger partial charge is 0.493 e. The minimum absolute atomic E-state index is 0.173. The van der Waals surface area contributed by atoms with Crippen LogP contribution < -0.4 is 35.0 Å². The number of halogens is 2. The average molecular weight is 726 g/mol. The molecule has 0 radical (unpaired) electrons. The van der Waals surface area contributed by atoms with E-state index in [1.54, 1.807) is 56.3 Å². The Bertz CT molecular complexity index is 1810. The highest BCUT2D eigenvalue weighted by atomic mass is 35.5. The van der Waals surface area contributed by atoms with Gasteiger partial charge in [0.05, 0.1) is 48.2 Å². The van der Waals surface area contributed by atoms with Crippen molar-refractivity contribution in [3.8, 4) is 23.0 Å². The molecule has 50 heavy (non-hydrogen) atoms. The maximum Gasteiger partial charge on any atom is 0.338 e. The summed E-state index contributed by atoms with van der Waals surface area (Å²) < 4.78 is 28.4. The number of rotatable bonds is 16. The first kappa shape index (κ1) is 37.6. The molecule has 0 saturated carbocycles. The highest BCUT2D eigenvalue weighted by molar-refractivity contribution is 6.42. The molecule has 3 amide bonds. The Hall–Kier alpha value is -5.20. The SMILES string of the molecule is C=CCc1cc(/C=N\NC(=O)COc2ccc([C@@H]3NC(=O)NC(C)=C3C(=O)OCC)cc2OC)cc(OCC)c1OCc1ccc(Cl)c(Cl)c1. The van der Waals surface area contributed by atoms with Crippen molar-refractivity contribution in [2.45, 2.75) is 39.8 Å². The van der Waals surface area contributed by atoms with Crippen LogP contribution >= 0.6 is 23.2 Å². The lowest BCUT2D eigenvalue weighted by molar-refractivity contribution is -0.139. The van der Waals surface area contributed by atoms with Gasteiger partial charge in [0, 0.05) is 11.3 Å². The summed E-state index contributed by atoms with van der Waals surface area (Å²) in [5, 5.41) is 10.3. The summed E-state index contributed by atoms with van der Waals surface area (Å²) in [7, 11) is 1.44. The van der Waals surface area contributed by atoms with E-state index in [2.05, 4.69) is 27.7 Å². The standard InChI is InChI=1S/C36H38Cl2N4O8/c1-6-9-25-14-23(16-30(47-7-2)34(25)50-19-22-10-12-26(37)27(38)15-22)18-39-42-31(43)20-49-28-13-11-24(17-29(28)46-5)33-32(35(44)48-8-3)21(4)40-36(45)41-33/h6,10-18,33H,1,7-9,19-20H2,2-5H3,(H,42,43)(H2,40,41,45)/b39-18-/t33-/m0/s1. The fourth-order valence-electron chi connectivity index (χ4n) is 5.04. The van der Waals surface area contributed by atoms with Crippen LogP contribution in [-0.2, 0) is 27.4 Å². The third kappa shape index (κ3) is 9.70. The van der Waals surface area contributed by atoms with Crippen molar-refractivity contribution in [1.82, 2.24) is 16.1 Å². The average Bonchev–Trinajstić information content (AvgIpc) is 3.08. The zero-order valence-corrected chi connectivity index (χ0v) is 29.6. The lowest BCUT2D eigenvalue weighted by atomic mass is 9.95. The number of urea groups is 1. The first-order valence-electron chi connectivity index (χ1n) is 15.6. The molecule has 0 aliphatic carbocycles.